The van der Waals surface area contributed by atoms with Crippen molar-refractivity contribution in [1.29, 1.82) is 0 Å². The normalized spacial score (nSPS) is 12.3. The van der Waals surface area contributed by atoms with Gasteiger partial charge in [-0.15, -0.1) is 0 Å². The van der Waals surface area contributed by atoms with E-state index in [1.807, 2.05) is 13.0 Å². The molecule has 0 aliphatic heterocycles. The van der Waals surface area contributed by atoms with Crippen molar-refractivity contribution in [2.45, 2.75) is 45.8 Å². The van der Waals surface area contributed by atoms with E-state index in [1.165, 1.54) is 11.7 Å². The Labute approximate surface area is 155 Å². The molecule has 0 bridgehead atoms. The summed E-state index contributed by atoms with van der Waals surface area (Å²) in [5.74, 6) is 0.489. The second-order valence-corrected chi connectivity index (χ2v) is 13.0. The summed E-state index contributed by atoms with van der Waals surface area (Å²) >= 11 is 6.17. The number of carbonyl (C=O) groups excluding carboxylic acids is 1. The van der Waals surface area contributed by atoms with Crippen LogP contribution in [0.2, 0.25) is 23.2 Å². The van der Waals surface area contributed by atoms with Crippen LogP contribution in [0, 0.1) is 0 Å². The molecule has 1 heterocycles. The van der Waals surface area contributed by atoms with Crippen LogP contribution in [-0.4, -0.2) is 26.1 Å². The van der Waals surface area contributed by atoms with E-state index in [0.717, 1.165) is 16.5 Å². The Morgan fingerprint density at radius 1 is 1.28 bits per heavy atom. The first-order chi connectivity index (χ1) is 11.4. The molecule has 0 spiro atoms. The number of rotatable bonds is 3. The van der Waals surface area contributed by atoms with Crippen molar-refractivity contribution < 1.29 is 14.0 Å². The molecule has 0 unspecified atom stereocenters. The summed E-state index contributed by atoms with van der Waals surface area (Å²) in [6.45, 7) is 16.7. The first-order valence-electron chi connectivity index (χ1n) is 8.18. The van der Waals surface area contributed by atoms with E-state index < -0.39 is 14.4 Å². The summed E-state index contributed by atoms with van der Waals surface area (Å²) in [5, 5.41) is 1.40. The van der Waals surface area contributed by atoms with Gasteiger partial charge in [0, 0.05) is 16.0 Å². The number of ether oxygens (including phenoxy) is 1. The number of halogens is 1. The highest BCUT2D eigenvalue weighted by Gasteiger charge is 2.41. The Hall–Kier alpha value is -1.72. The molecular formula is C19H26ClNO3Si. The molecule has 0 aliphatic carbocycles. The van der Waals surface area contributed by atoms with Crippen molar-refractivity contribution in [3.8, 4) is 5.88 Å². The van der Waals surface area contributed by atoms with Gasteiger partial charge in [0.15, 0.2) is 5.88 Å². The second-order valence-electron chi connectivity index (χ2n) is 7.79. The number of hydrogen-bond donors (Lipinski definition) is 0. The van der Waals surface area contributed by atoms with Crippen molar-refractivity contribution in [1.82, 2.24) is 4.57 Å². The average Bonchev–Trinajstić information content (AvgIpc) is 2.77. The summed E-state index contributed by atoms with van der Waals surface area (Å²) in [6, 6.07) is 5.44. The van der Waals surface area contributed by atoms with Crippen LogP contribution >= 0.6 is 11.6 Å². The van der Waals surface area contributed by atoms with Crippen LogP contribution in [0.25, 0.3) is 16.5 Å². The molecular weight excluding hydrogens is 354 g/mol. The van der Waals surface area contributed by atoms with Gasteiger partial charge in [-0.3, -0.25) is 0 Å². The molecule has 2 aromatic rings. The van der Waals surface area contributed by atoms with Crippen LogP contribution in [0.15, 0.2) is 24.8 Å². The number of benzene rings is 1. The minimum atomic E-state index is -2.19. The van der Waals surface area contributed by atoms with Gasteiger partial charge in [-0.1, -0.05) is 45.0 Å². The fourth-order valence-corrected chi connectivity index (χ4v) is 3.56. The molecule has 0 aliphatic rings. The number of nitrogens with zero attached hydrogens (tertiary/aromatic N) is 1. The third-order valence-electron chi connectivity index (χ3n) is 4.83. The minimum absolute atomic E-state index is 0.0195. The van der Waals surface area contributed by atoms with E-state index in [4.69, 9.17) is 20.8 Å². The van der Waals surface area contributed by atoms with Gasteiger partial charge in [0.05, 0.1) is 12.6 Å². The van der Waals surface area contributed by atoms with E-state index in [0.29, 0.717) is 16.4 Å². The maximum Gasteiger partial charge on any atom is 0.421 e. The Morgan fingerprint density at radius 2 is 1.88 bits per heavy atom. The summed E-state index contributed by atoms with van der Waals surface area (Å²) in [6.07, 6.45) is -0.506. The average molecular weight is 380 g/mol. The number of allylic oxidation sites excluding steroid dienone is 1. The Bertz CT molecular complexity index is 846. The molecule has 0 N–H and O–H groups in total. The van der Waals surface area contributed by atoms with E-state index in [-0.39, 0.29) is 5.04 Å². The van der Waals surface area contributed by atoms with Crippen molar-refractivity contribution >= 4 is 42.5 Å². The topological polar surface area (TPSA) is 40.5 Å². The van der Waals surface area contributed by atoms with E-state index in [1.54, 1.807) is 12.1 Å². The summed E-state index contributed by atoms with van der Waals surface area (Å²) < 4.78 is 13.0. The maximum atomic E-state index is 12.5. The predicted molar refractivity (Wildman–Crippen MR) is 107 cm³/mol. The number of aromatic nitrogens is 1. The summed E-state index contributed by atoms with van der Waals surface area (Å²) in [4.78, 5) is 12.5. The number of hydrogen-bond acceptors (Lipinski definition) is 3. The molecule has 2 rings (SSSR count). The molecule has 0 atom stereocenters. The van der Waals surface area contributed by atoms with Crippen molar-refractivity contribution in [2.75, 3.05) is 7.11 Å². The lowest BCUT2D eigenvalue weighted by atomic mass is 10.1. The quantitative estimate of drug-likeness (QED) is 0.585. The molecule has 0 amide bonds. The molecule has 6 heteroatoms. The van der Waals surface area contributed by atoms with Gasteiger partial charge >= 0.3 is 6.09 Å². The van der Waals surface area contributed by atoms with Gasteiger partial charge in [0.1, 0.15) is 0 Å². The van der Waals surface area contributed by atoms with Gasteiger partial charge in [0.25, 0.3) is 8.32 Å². The van der Waals surface area contributed by atoms with Crippen molar-refractivity contribution in [3.63, 3.8) is 0 Å². The van der Waals surface area contributed by atoms with Gasteiger partial charge in [0.2, 0.25) is 0 Å². The Balaban J connectivity index is 2.87. The fraction of sp³-hybridized carbons (Fsp3) is 0.421. The lowest BCUT2D eigenvalue weighted by Crippen LogP contribution is -2.44. The van der Waals surface area contributed by atoms with E-state index >= 15 is 0 Å². The zero-order valence-electron chi connectivity index (χ0n) is 16.0. The highest BCUT2D eigenvalue weighted by molar-refractivity contribution is 6.74. The third-order valence-corrected chi connectivity index (χ3v) is 9.38. The number of fused-ring (bicyclic) bond motifs is 1. The SMILES string of the molecule is C=C(C)c1c(O[Si](C)(C)C(C)(C)C)n(C(=O)OC)c2cc(Cl)ccc12. The molecule has 0 saturated heterocycles. The van der Waals surface area contributed by atoms with Crippen LogP contribution in [0.3, 0.4) is 0 Å². The zero-order valence-corrected chi connectivity index (χ0v) is 17.7. The van der Waals surface area contributed by atoms with Gasteiger partial charge in [-0.2, -0.15) is 0 Å². The molecule has 1 aromatic carbocycles. The lowest BCUT2D eigenvalue weighted by molar-refractivity contribution is 0.172. The molecule has 136 valence electrons. The maximum absolute atomic E-state index is 12.5. The van der Waals surface area contributed by atoms with Gasteiger partial charge in [-0.05, 0) is 42.8 Å². The zero-order chi connectivity index (χ0) is 19.2. The van der Waals surface area contributed by atoms with Gasteiger partial charge in [-0.25, -0.2) is 9.36 Å². The lowest BCUT2D eigenvalue weighted by Gasteiger charge is -2.36. The smallest absolute Gasteiger partial charge is 0.421 e. The van der Waals surface area contributed by atoms with Crippen LogP contribution in [0.4, 0.5) is 4.79 Å². The molecule has 0 fully saturated rings. The second kappa shape index (κ2) is 6.54. The third kappa shape index (κ3) is 3.48. The fourth-order valence-electron chi connectivity index (χ4n) is 2.41. The Kier molecular flexibility index (Phi) is 5.13. The molecule has 25 heavy (non-hydrogen) atoms. The van der Waals surface area contributed by atoms with Crippen LogP contribution in [0.1, 0.15) is 33.3 Å². The molecule has 0 saturated carbocycles. The standard InChI is InChI=1S/C19H26ClNO3Si/c1-12(2)16-14-10-9-13(20)11-15(14)21(18(22)23-6)17(16)24-25(7,8)19(3,4)5/h9-11H,1H2,2-8H3. The van der Waals surface area contributed by atoms with Crippen LogP contribution in [-0.2, 0) is 4.74 Å². The van der Waals surface area contributed by atoms with E-state index in [2.05, 4.69) is 40.4 Å². The predicted octanol–water partition coefficient (Wildman–Crippen LogP) is 6.33. The number of carbonyl (C=O) groups is 1. The van der Waals surface area contributed by atoms with Crippen molar-refractivity contribution in [2.24, 2.45) is 0 Å². The number of methoxy groups -OCH3 is 1. The molecule has 0 radical (unpaired) electrons. The minimum Gasteiger partial charge on any atom is -0.531 e. The molecule has 4 nitrogen and oxygen atoms in total. The van der Waals surface area contributed by atoms with E-state index in [9.17, 15) is 4.79 Å². The van der Waals surface area contributed by atoms with Crippen LogP contribution < -0.4 is 4.43 Å². The summed E-state index contributed by atoms with van der Waals surface area (Å²) in [5.41, 5.74) is 2.30. The van der Waals surface area contributed by atoms with Crippen LogP contribution in [0.5, 0.6) is 5.88 Å². The largest absolute Gasteiger partial charge is 0.531 e. The first-order valence-corrected chi connectivity index (χ1v) is 11.5. The highest BCUT2D eigenvalue weighted by Crippen LogP contribution is 2.43. The Morgan fingerprint density at radius 3 is 2.36 bits per heavy atom. The monoisotopic (exact) mass is 379 g/mol. The highest BCUT2D eigenvalue weighted by atomic mass is 35.5. The van der Waals surface area contributed by atoms with Gasteiger partial charge < -0.3 is 9.16 Å². The summed E-state index contributed by atoms with van der Waals surface area (Å²) in [7, 11) is -0.836. The van der Waals surface area contributed by atoms with Crippen molar-refractivity contribution in [3.05, 3.63) is 35.4 Å². The first kappa shape index (κ1) is 19.6. The molecule has 1 aromatic heterocycles.